The van der Waals surface area contributed by atoms with E-state index in [0.717, 1.165) is 17.4 Å². The van der Waals surface area contributed by atoms with Crippen molar-refractivity contribution in [1.82, 2.24) is 0 Å². The fourth-order valence-corrected chi connectivity index (χ4v) is 2.16. The van der Waals surface area contributed by atoms with E-state index in [-0.39, 0.29) is 0 Å². The van der Waals surface area contributed by atoms with Crippen molar-refractivity contribution in [2.45, 2.75) is 0 Å². The van der Waals surface area contributed by atoms with Crippen molar-refractivity contribution in [3.8, 4) is 22.6 Å². The van der Waals surface area contributed by atoms with Crippen molar-refractivity contribution in [1.29, 1.82) is 0 Å². The van der Waals surface area contributed by atoms with Crippen molar-refractivity contribution in [2.75, 3.05) is 14.2 Å². The molecule has 3 nitrogen and oxygen atoms in total. The van der Waals surface area contributed by atoms with Gasteiger partial charge in [-0.05, 0) is 29.8 Å². The highest BCUT2D eigenvalue weighted by Gasteiger charge is 2.15. The molecule has 0 heterocycles. The summed E-state index contributed by atoms with van der Waals surface area (Å²) < 4.78 is 10.7. The molecule has 0 spiro atoms. The van der Waals surface area contributed by atoms with Gasteiger partial charge in [-0.3, -0.25) is 4.79 Å². The van der Waals surface area contributed by atoms with E-state index in [9.17, 15) is 4.79 Å². The van der Waals surface area contributed by atoms with Crippen molar-refractivity contribution in [3.63, 3.8) is 0 Å². The fourth-order valence-electron chi connectivity index (χ4n) is 1.98. The summed E-state index contributed by atoms with van der Waals surface area (Å²) in [5.41, 5.74) is 1.97. The molecule has 0 radical (unpaired) electrons. The van der Waals surface area contributed by atoms with Gasteiger partial charge in [0.05, 0.1) is 19.8 Å². The summed E-state index contributed by atoms with van der Waals surface area (Å²) in [5, 5.41) is 0.514. The average molecular weight is 277 g/mol. The Labute approximate surface area is 116 Å². The van der Waals surface area contributed by atoms with Crippen LogP contribution in [0.25, 0.3) is 11.1 Å². The van der Waals surface area contributed by atoms with Crippen LogP contribution in [0.1, 0.15) is 10.4 Å². The van der Waals surface area contributed by atoms with Gasteiger partial charge in [0.15, 0.2) is 6.29 Å². The lowest BCUT2D eigenvalue weighted by atomic mass is 9.98. The number of rotatable bonds is 4. The Kier molecular flexibility index (Phi) is 4.07. The Balaban J connectivity index is 2.73. The first kappa shape index (κ1) is 13.4. The predicted molar refractivity (Wildman–Crippen MR) is 75.4 cm³/mol. The monoisotopic (exact) mass is 276 g/mol. The molecule has 0 saturated carbocycles. The normalized spacial score (nSPS) is 10.1. The highest BCUT2D eigenvalue weighted by atomic mass is 35.5. The van der Waals surface area contributed by atoms with Gasteiger partial charge in [-0.1, -0.05) is 23.7 Å². The third-order valence-corrected chi connectivity index (χ3v) is 3.07. The lowest BCUT2D eigenvalue weighted by Crippen LogP contribution is -1.95. The van der Waals surface area contributed by atoms with Crippen LogP contribution < -0.4 is 9.47 Å². The zero-order valence-electron chi connectivity index (χ0n) is 10.6. The van der Waals surface area contributed by atoms with E-state index in [1.165, 1.54) is 0 Å². The van der Waals surface area contributed by atoms with Crippen LogP contribution in [0.4, 0.5) is 0 Å². The SMILES string of the molecule is COc1cccc(OC)c1-c1ccc(Cl)cc1C=O. The zero-order valence-corrected chi connectivity index (χ0v) is 11.4. The third kappa shape index (κ3) is 2.56. The summed E-state index contributed by atoms with van der Waals surface area (Å²) >= 11 is 5.91. The Morgan fingerprint density at radius 1 is 1.05 bits per heavy atom. The maximum Gasteiger partial charge on any atom is 0.150 e. The minimum absolute atomic E-state index is 0.496. The molecule has 0 aliphatic rings. The predicted octanol–water partition coefficient (Wildman–Crippen LogP) is 3.84. The maximum absolute atomic E-state index is 11.2. The van der Waals surface area contributed by atoms with E-state index < -0.39 is 0 Å². The second-order valence-electron chi connectivity index (χ2n) is 3.89. The molecule has 0 aromatic heterocycles. The molecule has 0 atom stereocenters. The van der Waals surface area contributed by atoms with E-state index in [1.54, 1.807) is 32.4 Å². The van der Waals surface area contributed by atoms with E-state index >= 15 is 0 Å². The summed E-state index contributed by atoms with van der Waals surface area (Å²) in [7, 11) is 3.16. The molecule has 0 amide bonds. The lowest BCUT2D eigenvalue weighted by molar-refractivity contribution is 0.112. The Morgan fingerprint density at radius 2 is 1.68 bits per heavy atom. The number of hydrogen-bond acceptors (Lipinski definition) is 3. The third-order valence-electron chi connectivity index (χ3n) is 2.84. The molecule has 2 rings (SSSR count). The van der Waals surface area contributed by atoms with Crippen LogP contribution in [0.5, 0.6) is 11.5 Å². The molecule has 0 fully saturated rings. The second kappa shape index (κ2) is 5.76. The van der Waals surface area contributed by atoms with Gasteiger partial charge in [0, 0.05) is 10.6 Å². The number of carbonyl (C=O) groups excluding carboxylic acids is 1. The van der Waals surface area contributed by atoms with Crippen molar-refractivity contribution >= 4 is 17.9 Å². The first-order chi connectivity index (χ1) is 9.21. The molecule has 98 valence electrons. The van der Waals surface area contributed by atoms with E-state index in [2.05, 4.69) is 0 Å². The molecule has 0 aliphatic heterocycles. The molecule has 2 aromatic rings. The highest BCUT2D eigenvalue weighted by molar-refractivity contribution is 6.31. The summed E-state index contributed by atoms with van der Waals surface area (Å²) in [6.45, 7) is 0. The number of carbonyl (C=O) groups is 1. The fraction of sp³-hybridized carbons (Fsp3) is 0.133. The first-order valence-electron chi connectivity index (χ1n) is 5.67. The number of aldehydes is 1. The van der Waals surface area contributed by atoms with Crippen molar-refractivity contribution in [3.05, 3.63) is 47.0 Å². The molecular formula is C15H13ClO3. The van der Waals surface area contributed by atoms with Crippen LogP contribution in [0.2, 0.25) is 5.02 Å². The van der Waals surface area contributed by atoms with Crippen LogP contribution >= 0.6 is 11.6 Å². The zero-order chi connectivity index (χ0) is 13.8. The van der Waals surface area contributed by atoms with E-state index in [4.69, 9.17) is 21.1 Å². The van der Waals surface area contributed by atoms with Crippen LogP contribution in [0.3, 0.4) is 0 Å². The van der Waals surface area contributed by atoms with Gasteiger partial charge in [-0.15, -0.1) is 0 Å². The van der Waals surface area contributed by atoms with Gasteiger partial charge in [0.1, 0.15) is 11.5 Å². The van der Waals surface area contributed by atoms with Gasteiger partial charge in [0.25, 0.3) is 0 Å². The smallest absolute Gasteiger partial charge is 0.150 e. The summed E-state index contributed by atoms with van der Waals surface area (Å²) in [4.78, 5) is 11.2. The molecule has 0 bridgehead atoms. The molecule has 2 aromatic carbocycles. The minimum Gasteiger partial charge on any atom is -0.496 e. The molecule has 0 N–H and O–H groups in total. The van der Waals surface area contributed by atoms with Crippen molar-refractivity contribution < 1.29 is 14.3 Å². The molecule has 19 heavy (non-hydrogen) atoms. The Bertz CT molecular complexity index is 586. The minimum atomic E-state index is 0.496. The first-order valence-corrected chi connectivity index (χ1v) is 6.05. The van der Waals surface area contributed by atoms with Crippen LogP contribution in [0, 0.1) is 0 Å². The van der Waals surface area contributed by atoms with E-state index in [1.807, 2.05) is 18.2 Å². The standard InChI is InChI=1S/C15H13ClO3/c1-18-13-4-3-5-14(19-2)15(13)12-7-6-11(16)8-10(12)9-17/h3-9H,1-2H3. The van der Waals surface area contributed by atoms with E-state index in [0.29, 0.717) is 22.1 Å². The molecule has 0 unspecified atom stereocenters. The Hall–Kier alpha value is -2.00. The number of benzene rings is 2. The summed E-state index contributed by atoms with van der Waals surface area (Å²) in [5.74, 6) is 1.29. The second-order valence-corrected chi connectivity index (χ2v) is 4.32. The molecule has 0 saturated heterocycles. The summed E-state index contributed by atoms with van der Waals surface area (Å²) in [6, 6.07) is 10.6. The molecular weight excluding hydrogens is 264 g/mol. The quantitative estimate of drug-likeness (QED) is 0.796. The lowest BCUT2D eigenvalue weighted by Gasteiger charge is -2.14. The average Bonchev–Trinajstić information content (AvgIpc) is 2.46. The number of halogens is 1. The molecule has 0 aliphatic carbocycles. The topological polar surface area (TPSA) is 35.5 Å². The highest BCUT2D eigenvalue weighted by Crippen LogP contribution is 2.40. The van der Waals surface area contributed by atoms with Gasteiger partial charge >= 0.3 is 0 Å². The summed E-state index contributed by atoms with van der Waals surface area (Å²) in [6.07, 6.45) is 0.771. The van der Waals surface area contributed by atoms with Crippen LogP contribution in [-0.4, -0.2) is 20.5 Å². The number of methoxy groups -OCH3 is 2. The van der Waals surface area contributed by atoms with Gasteiger partial charge in [-0.2, -0.15) is 0 Å². The van der Waals surface area contributed by atoms with Gasteiger partial charge in [0.2, 0.25) is 0 Å². The number of hydrogen-bond donors (Lipinski definition) is 0. The van der Waals surface area contributed by atoms with Crippen LogP contribution in [0.15, 0.2) is 36.4 Å². The van der Waals surface area contributed by atoms with Crippen LogP contribution in [-0.2, 0) is 0 Å². The largest absolute Gasteiger partial charge is 0.496 e. The maximum atomic E-state index is 11.2. The van der Waals surface area contributed by atoms with Crippen molar-refractivity contribution in [2.24, 2.45) is 0 Å². The van der Waals surface area contributed by atoms with Gasteiger partial charge < -0.3 is 9.47 Å². The Morgan fingerprint density at radius 3 is 2.21 bits per heavy atom. The van der Waals surface area contributed by atoms with Gasteiger partial charge in [-0.25, -0.2) is 0 Å². The molecule has 4 heteroatoms. The number of ether oxygens (including phenoxy) is 2.